The number of nitrogens with one attached hydrogen (secondary N) is 1. The van der Waals surface area contributed by atoms with Gasteiger partial charge in [-0.3, -0.25) is 10.1 Å². The normalized spacial score (nSPS) is 27.9. The molecule has 1 unspecified atom stereocenters. The monoisotopic (exact) mass is 224 g/mol. The quantitative estimate of drug-likeness (QED) is 0.774. The Labute approximate surface area is 98.6 Å². The SMILES string of the molecule is CCCC1(CN2CNC(C(C)C)C2=O)CC1. The fraction of sp³-hybridized carbons (Fsp3) is 0.923. The Morgan fingerprint density at radius 1 is 1.50 bits per heavy atom. The van der Waals surface area contributed by atoms with Crippen LogP contribution in [-0.4, -0.2) is 30.1 Å². The number of hydrogen-bond acceptors (Lipinski definition) is 2. The second-order valence-electron chi connectivity index (χ2n) is 5.87. The Hall–Kier alpha value is -0.570. The van der Waals surface area contributed by atoms with E-state index in [4.69, 9.17) is 0 Å². The topological polar surface area (TPSA) is 32.3 Å². The van der Waals surface area contributed by atoms with Crippen LogP contribution in [0.25, 0.3) is 0 Å². The maximum absolute atomic E-state index is 12.1. The Bertz CT molecular complexity index is 271. The predicted octanol–water partition coefficient (Wildman–Crippen LogP) is 1.98. The highest BCUT2D eigenvalue weighted by Gasteiger charge is 2.45. The van der Waals surface area contributed by atoms with Gasteiger partial charge >= 0.3 is 0 Å². The maximum Gasteiger partial charge on any atom is 0.241 e. The number of hydrogen-bond donors (Lipinski definition) is 1. The molecule has 1 heterocycles. The zero-order valence-electron chi connectivity index (χ0n) is 10.8. The molecule has 0 radical (unpaired) electrons. The van der Waals surface area contributed by atoms with Gasteiger partial charge in [-0.1, -0.05) is 27.2 Å². The number of carbonyl (C=O) groups excluding carboxylic acids is 1. The molecule has 1 amide bonds. The Kier molecular flexibility index (Phi) is 3.24. The van der Waals surface area contributed by atoms with Gasteiger partial charge in [0.1, 0.15) is 0 Å². The Balaban J connectivity index is 1.90. The first-order valence-electron chi connectivity index (χ1n) is 6.60. The average molecular weight is 224 g/mol. The van der Waals surface area contributed by atoms with Crippen LogP contribution in [-0.2, 0) is 4.79 Å². The smallest absolute Gasteiger partial charge is 0.241 e. The summed E-state index contributed by atoms with van der Waals surface area (Å²) in [5.74, 6) is 0.719. The van der Waals surface area contributed by atoms with Gasteiger partial charge in [0.05, 0.1) is 12.7 Å². The minimum atomic E-state index is 0.0532. The summed E-state index contributed by atoms with van der Waals surface area (Å²) in [6, 6.07) is 0.0532. The summed E-state index contributed by atoms with van der Waals surface area (Å²) in [6.45, 7) is 8.19. The summed E-state index contributed by atoms with van der Waals surface area (Å²) in [5, 5.41) is 3.32. The maximum atomic E-state index is 12.1. The van der Waals surface area contributed by atoms with Crippen molar-refractivity contribution in [3.8, 4) is 0 Å². The van der Waals surface area contributed by atoms with Crippen LogP contribution in [0.5, 0.6) is 0 Å². The van der Waals surface area contributed by atoms with Crippen molar-refractivity contribution in [2.75, 3.05) is 13.2 Å². The molecular weight excluding hydrogens is 200 g/mol. The molecule has 3 heteroatoms. The summed E-state index contributed by atoms with van der Waals surface area (Å²) in [7, 11) is 0. The van der Waals surface area contributed by atoms with E-state index in [0.717, 1.165) is 13.2 Å². The molecule has 2 fully saturated rings. The first-order chi connectivity index (χ1) is 7.58. The number of nitrogens with zero attached hydrogens (tertiary/aromatic N) is 1. The highest BCUT2D eigenvalue weighted by atomic mass is 16.2. The van der Waals surface area contributed by atoms with Crippen molar-refractivity contribution >= 4 is 5.91 Å². The van der Waals surface area contributed by atoms with Crippen LogP contribution in [0.2, 0.25) is 0 Å². The minimum absolute atomic E-state index is 0.0532. The summed E-state index contributed by atoms with van der Waals surface area (Å²) in [5.41, 5.74) is 0.484. The molecule has 1 aliphatic carbocycles. The number of amides is 1. The van der Waals surface area contributed by atoms with Gasteiger partial charge in [0.2, 0.25) is 5.91 Å². The average Bonchev–Trinajstić information content (AvgIpc) is 2.87. The van der Waals surface area contributed by atoms with Crippen molar-refractivity contribution < 1.29 is 4.79 Å². The molecule has 1 atom stereocenters. The van der Waals surface area contributed by atoms with E-state index in [1.54, 1.807) is 0 Å². The van der Waals surface area contributed by atoms with Crippen molar-refractivity contribution in [1.29, 1.82) is 0 Å². The predicted molar refractivity (Wildman–Crippen MR) is 64.9 cm³/mol. The molecule has 2 aliphatic rings. The first kappa shape index (κ1) is 11.9. The number of carbonyl (C=O) groups is 1. The molecule has 0 aromatic rings. The fourth-order valence-corrected chi connectivity index (χ4v) is 2.82. The molecule has 92 valence electrons. The lowest BCUT2D eigenvalue weighted by Gasteiger charge is -2.23. The summed E-state index contributed by atoms with van der Waals surface area (Å²) >= 11 is 0. The van der Waals surface area contributed by atoms with Gasteiger partial charge in [-0.15, -0.1) is 0 Å². The molecule has 0 bridgehead atoms. The molecule has 1 N–H and O–H groups in total. The highest BCUT2D eigenvalue weighted by molar-refractivity contribution is 5.84. The molecule has 3 nitrogen and oxygen atoms in total. The Morgan fingerprint density at radius 3 is 2.62 bits per heavy atom. The molecule has 0 aromatic heterocycles. The molecule has 1 aliphatic heterocycles. The van der Waals surface area contributed by atoms with E-state index in [-0.39, 0.29) is 6.04 Å². The lowest BCUT2D eigenvalue weighted by atomic mass is 9.99. The highest BCUT2D eigenvalue weighted by Crippen LogP contribution is 2.50. The standard InChI is InChI=1S/C13H24N2O/c1-4-5-13(6-7-13)8-15-9-14-11(10(2)3)12(15)16/h10-11,14H,4-9H2,1-3H3. The summed E-state index contributed by atoms with van der Waals surface area (Å²) < 4.78 is 0. The lowest BCUT2D eigenvalue weighted by Crippen LogP contribution is -2.36. The van der Waals surface area contributed by atoms with Gasteiger partial charge in [0.15, 0.2) is 0 Å². The van der Waals surface area contributed by atoms with Gasteiger partial charge in [-0.2, -0.15) is 0 Å². The van der Waals surface area contributed by atoms with E-state index < -0.39 is 0 Å². The summed E-state index contributed by atoms with van der Waals surface area (Å²) in [6.07, 6.45) is 5.15. The van der Waals surface area contributed by atoms with Gasteiger partial charge in [-0.05, 0) is 30.6 Å². The Morgan fingerprint density at radius 2 is 2.19 bits per heavy atom. The molecule has 16 heavy (non-hydrogen) atoms. The van der Waals surface area contributed by atoms with E-state index >= 15 is 0 Å². The molecule has 0 spiro atoms. The van der Waals surface area contributed by atoms with Crippen molar-refractivity contribution in [3.05, 3.63) is 0 Å². The number of rotatable bonds is 5. The molecule has 0 aromatic carbocycles. The first-order valence-corrected chi connectivity index (χ1v) is 6.60. The van der Waals surface area contributed by atoms with Crippen LogP contribution in [0.1, 0.15) is 46.5 Å². The van der Waals surface area contributed by atoms with Crippen LogP contribution in [0.3, 0.4) is 0 Å². The third kappa shape index (κ3) is 2.24. The van der Waals surface area contributed by atoms with Gasteiger partial charge in [0.25, 0.3) is 0 Å². The van der Waals surface area contributed by atoms with Crippen molar-refractivity contribution in [2.24, 2.45) is 11.3 Å². The van der Waals surface area contributed by atoms with E-state index in [0.29, 0.717) is 17.2 Å². The molecule has 1 saturated carbocycles. The third-order valence-corrected chi connectivity index (χ3v) is 4.01. The fourth-order valence-electron chi connectivity index (χ4n) is 2.82. The molecule has 1 saturated heterocycles. The van der Waals surface area contributed by atoms with E-state index in [9.17, 15) is 4.79 Å². The van der Waals surface area contributed by atoms with Gasteiger partial charge in [0, 0.05) is 6.54 Å². The van der Waals surface area contributed by atoms with Gasteiger partial charge in [-0.25, -0.2) is 0 Å². The van der Waals surface area contributed by atoms with E-state index in [1.807, 2.05) is 4.90 Å². The van der Waals surface area contributed by atoms with E-state index in [2.05, 4.69) is 26.1 Å². The van der Waals surface area contributed by atoms with Crippen molar-refractivity contribution in [3.63, 3.8) is 0 Å². The van der Waals surface area contributed by atoms with E-state index in [1.165, 1.54) is 25.7 Å². The molecular formula is C13H24N2O. The summed E-state index contributed by atoms with van der Waals surface area (Å²) in [4.78, 5) is 14.2. The van der Waals surface area contributed by atoms with Crippen LogP contribution in [0, 0.1) is 11.3 Å². The third-order valence-electron chi connectivity index (χ3n) is 4.01. The van der Waals surface area contributed by atoms with Crippen LogP contribution < -0.4 is 5.32 Å². The zero-order valence-corrected chi connectivity index (χ0v) is 10.8. The van der Waals surface area contributed by atoms with Crippen molar-refractivity contribution in [2.45, 2.75) is 52.5 Å². The van der Waals surface area contributed by atoms with Crippen LogP contribution in [0.4, 0.5) is 0 Å². The van der Waals surface area contributed by atoms with Crippen molar-refractivity contribution in [1.82, 2.24) is 10.2 Å². The largest absolute Gasteiger partial charge is 0.328 e. The van der Waals surface area contributed by atoms with Crippen LogP contribution in [0.15, 0.2) is 0 Å². The lowest BCUT2D eigenvalue weighted by molar-refractivity contribution is -0.130. The van der Waals surface area contributed by atoms with Gasteiger partial charge < -0.3 is 4.90 Å². The molecule has 2 rings (SSSR count). The second-order valence-corrected chi connectivity index (χ2v) is 5.87. The second kappa shape index (κ2) is 4.36. The minimum Gasteiger partial charge on any atom is -0.328 e. The zero-order chi connectivity index (χ0) is 11.8. The van der Waals surface area contributed by atoms with Crippen LogP contribution >= 0.6 is 0 Å².